The van der Waals surface area contributed by atoms with Crippen molar-refractivity contribution in [3.63, 3.8) is 0 Å². The maximum absolute atomic E-state index is 12.3. The second kappa shape index (κ2) is 6.42. The lowest BCUT2D eigenvalue weighted by molar-refractivity contribution is -0.186. The number of nitrogens with one attached hydrogen (secondary N) is 1. The minimum atomic E-state index is -0.353. The Labute approximate surface area is 129 Å². The third kappa shape index (κ3) is 3.26. The Hall–Kier alpha value is -1.98. The number of hydrogen-bond donors (Lipinski definition) is 1. The molecule has 5 nitrogen and oxygen atoms in total. The normalized spacial score (nSPS) is 18.4. The molecule has 1 atom stereocenters. The van der Waals surface area contributed by atoms with Crippen LogP contribution in [0, 0.1) is 13.8 Å². The molecule has 1 aromatic heterocycles. The van der Waals surface area contributed by atoms with Gasteiger partial charge in [0.25, 0.3) is 5.91 Å². The number of pyridine rings is 1. The molecule has 0 bridgehead atoms. The Morgan fingerprint density at radius 3 is 2.95 bits per heavy atom. The molecule has 0 radical (unpaired) electrons. The first-order valence-electron chi connectivity index (χ1n) is 7.59. The molecule has 1 fully saturated rings. The lowest BCUT2D eigenvalue weighted by Gasteiger charge is -2.22. The number of aryl methyl sites for hydroxylation is 2. The first-order chi connectivity index (χ1) is 10.6. The summed E-state index contributed by atoms with van der Waals surface area (Å²) in [4.78, 5) is 22.1. The zero-order chi connectivity index (χ0) is 15.5. The number of aromatic nitrogens is 1. The van der Waals surface area contributed by atoms with Gasteiger partial charge < -0.3 is 4.74 Å². The van der Waals surface area contributed by atoms with E-state index in [1.165, 1.54) is 0 Å². The Bertz CT molecular complexity index is 694. The van der Waals surface area contributed by atoms with E-state index in [1.807, 2.05) is 38.1 Å². The van der Waals surface area contributed by atoms with Gasteiger partial charge in [0.05, 0.1) is 16.8 Å². The molecule has 0 saturated carbocycles. The molecule has 5 heteroatoms. The third-order valence-electron chi connectivity index (χ3n) is 3.83. The highest BCUT2D eigenvalue weighted by molar-refractivity contribution is 5.98. The number of fused-ring (bicyclic) bond motifs is 1. The van der Waals surface area contributed by atoms with Crippen molar-refractivity contribution in [2.45, 2.75) is 39.4 Å². The van der Waals surface area contributed by atoms with Crippen molar-refractivity contribution in [3.8, 4) is 0 Å². The maximum Gasteiger partial charge on any atom is 0.276 e. The van der Waals surface area contributed by atoms with Gasteiger partial charge in [-0.3, -0.25) is 9.78 Å². The van der Waals surface area contributed by atoms with E-state index in [0.717, 1.165) is 35.7 Å². The second-order valence-corrected chi connectivity index (χ2v) is 5.66. The summed E-state index contributed by atoms with van der Waals surface area (Å²) >= 11 is 0. The van der Waals surface area contributed by atoms with Crippen molar-refractivity contribution in [3.05, 3.63) is 41.1 Å². The predicted molar refractivity (Wildman–Crippen MR) is 83.4 cm³/mol. The maximum atomic E-state index is 12.3. The van der Waals surface area contributed by atoms with E-state index in [2.05, 4.69) is 10.5 Å². The van der Waals surface area contributed by atoms with Crippen molar-refractivity contribution in [1.82, 2.24) is 10.5 Å². The largest absolute Gasteiger partial charge is 0.350 e. The van der Waals surface area contributed by atoms with E-state index in [4.69, 9.17) is 9.57 Å². The molecule has 0 spiro atoms. The quantitative estimate of drug-likeness (QED) is 0.885. The van der Waals surface area contributed by atoms with Crippen molar-refractivity contribution < 1.29 is 14.4 Å². The van der Waals surface area contributed by atoms with Crippen LogP contribution in [0.5, 0.6) is 0 Å². The Balaban J connectivity index is 1.76. The SMILES string of the molecule is Cc1ccc2nc(C)c(C(=O)NOC3CCCCO3)cc2c1. The van der Waals surface area contributed by atoms with Crippen LogP contribution in [0.2, 0.25) is 0 Å². The summed E-state index contributed by atoms with van der Waals surface area (Å²) in [6, 6.07) is 7.85. The number of hydrogen-bond acceptors (Lipinski definition) is 4. The molecule has 1 aromatic carbocycles. The molecule has 1 amide bonds. The first-order valence-corrected chi connectivity index (χ1v) is 7.59. The van der Waals surface area contributed by atoms with Gasteiger partial charge in [-0.05, 0) is 44.9 Å². The van der Waals surface area contributed by atoms with E-state index >= 15 is 0 Å². The van der Waals surface area contributed by atoms with Crippen LogP contribution in [0.15, 0.2) is 24.3 Å². The molecule has 3 rings (SSSR count). The van der Waals surface area contributed by atoms with Crippen LogP contribution in [-0.2, 0) is 9.57 Å². The average Bonchev–Trinajstić information content (AvgIpc) is 2.53. The fourth-order valence-electron chi connectivity index (χ4n) is 2.60. The van der Waals surface area contributed by atoms with Crippen molar-refractivity contribution >= 4 is 16.8 Å². The van der Waals surface area contributed by atoms with E-state index in [-0.39, 0.29) is 12.2 Å². The lowest BCUT2D eigenvalue weighted by atomic mass is 10.1. The first kappa shape index (κ1) is 14.9. The van der Waals surface area contributed by atoms with Crippen LogP contribution in [0.4, 0.5) is 0 Å². The van der Waals surface area contributed by atoms with Crippen LogP contribution in [-0.4, -0.2) is 23.8 Å². The van der Waals surface area contributed by atoms with Gasteiger partial charge in [0.1, 0.15) is 0 Å². The monoisotopic (exact) mass is 300 g/mol. The zero-order valence-corrected chi connectivity index (χ0v) is 12.9. The molecule has 2 heterocycles. The summed E-state index contributed by atoms with van der Waals surface area (Å²) < 4.78 is 5.43. The summed E-state index contributed by atoms with van der Waals surface area (Å²) in [7, 11) is 0. The third-order valence-corrected chi connectivity index (χ3v) is 3.83. The molecule has 116 valence electrons. The van der Waals surface area contributed by atoms with Crippen LogP contribution in [0.3, 0.4) is 0 Å². The van der Waals surface area contributed by atoms with Gasteiger partial charge in [0.15, 0.2) is 6.29 Å². The summed E-state index contributed by atoms with van der Waals surface area (Å²) in [5.74, 6) is -0.289. The van der Waals surface area contributed by atoms with Gasteiger partial charge in [-0.2, -0.15) is 0 Å². The molecule has 1 N–H and O–H groups in total. The van der Waals surface area contributed by atoms with Gasteiger partial charge in [0.2, 0.25) is 0 Å². The van der Waals surface area contributed by atoms with E-state index in [1.54, 1.807) is 0 Å². The van der Waals surface area contributed by atoms with Crippen LogP contribution < -0.4 is 5.48 Å². The lowest BCUT2D eigenvalue weighted by Crippen LogP contribution is -2.33. The Kier molecular flexibility index (Phi) is 4.36. The highest BCUT2D eigenvalue weighted by Gasteiger charge is 2.17. The van der Waals surface area contributed by atoms with Gasteiger partial charge >= 0.3 is 0 Å². The Morgan fingerprint density at radius 2 is 2.18 bits per heavy atom. The number of amides is 1. The standard InChI is InChI=1S/C17H20N2O3/c1-11-6-7-15-13(9-11)10-14(12(2)18-15)17(20)19-22-16-5-3-4-8-21-16/h6-7,9-10,16H,3-5,8H2,1-2H3,(H,19,20). The minimum Gasteiger partial charge on any atom is -0.350 e. The zero-order valence-electron chi connectivity index (χ0n) is 12.9. The number of rotatable bonds is 3. The number of carbonyl (C=O) groups is 1. The van der Waals surface area contributed by atoms with Gasteiger partial charge in [0, 0.05) is 18.4 Å². The van der Waals surface area contributed by atoms with Crippen LogP contribution >= 0.6 is 0 Å². The summed E-state index contributed by atoms with van der Waals surface area (Å²) in [5.41, 5.74) is 5.71. The smallest absolute Gasteiger partial charge is 0.276 e. The van der Waals surface area contributed by atoms with E-state index in [9.17, 15) is 4.79 Å². The molecule has 1 saturated heterocycles. The van der Waals surface area contributed by atoms with Crippen LogP contribution in [0.1, 0.15) is 40.9 Å². The van der Waals surface area contributed by atoms with Gasteiger partial charge in [-0.1, -0.05) is 11.6 Å². The molecule has 22 heavy (non-hydrogen) atoms. The van der Waals surface area contributed by atoms with E-state index in [0.29, 0.717) is 17.9 Å². The number of ether oxygens (including phenoxy) is 1. The summed E-state index contributed by atoms with van der Waals surface area (Å²) in [5, 5.41) is 0.949. The Morgan fingerprint density at radius 1 is 1.32 bits per heavy atom. The molecule has 1 aliphatic rings. The van der Waals surface area contributed by atoms with Crippen LogP contribution in [0.25, 0.3) is 10.9 Å². The summed E-state index contributed by atoms with van der Waals surface area (Å²) in [6.45, 7) is 4.52. The van der Waals surface area contributed by atoms with Gasteiger partial charge in [-0.25, -0.2) is 10.3 Å². The van der Waals surface area contributed by atoms with Gasteiger partial charge in [-0.15, -0.1) is 0 Å². The number of nitrogens with zero attached hydrogens (tertiary/aromatic N) is 1. The second-order valence-electron chi connectivity index (χ2n) is 5.66. The number of benzene rings is 1. The number of carbonyl (C=O) groups excluding carboxylic acids is 1. The van der Waals surface area contributed by atoms with E-state index < -0.39 is 0 Å². The highest BCUT2D eigenvalue weighted by Crippen LogP contribution is 2.18. The van der Waals surface area contributed by atoms with Crippen molar-refractivity contribution in [2.24, 2.45) is 0 Å². The molecule has 2 aromatic rings. The van der Waals surface area contributed by atoms with Crippen molar-refractivity contribution in [1.29, 1.82) is 0 Å². The van der Waals surface area contributed by atoms with Crippen molar-refractivity contribution in [2.75, 3.05) is 6.61 Å². The average molecular weight is 300 g/mol. The minimum absolute atomic E-state index is 0.289. The molecule has 1 aliphatic heterocycles. The highest BCUT2D eigenvalue weighted by atomic mass is 16.8. The molecular weight excluding hydrogens is 280 g/mol. The molecule has 1 unspecified atom stereocenters. The molecule has 0 aliphatic carbocycles. The fourth-order valence-corrected chi connectivity index (χ4v) is 2.60. The summed E-state index contributed by atoms with van der Waals surface area (Å²) in [6.07, 6.45) is 2.54. The topological polar surface area (TPSA) is 60.5 Å². The fraction of sp³-hybridized carbons (Fsp3) is 0.412. The number of hydroxylamine groups is 1. The molecular formula is C17H20N2O3. The predicted octanol–water partition coefficient (Wildman–Crippen LogP) is 3.04.